The molecule has 54 heavy (non-hydrogen) atoms. The number of benzene rings is 1. The molecule has 0 unspecified atom stereocenters. The summed E-state index contributed by atoms with van der Waals surface area (Å²) in [4.78, 5) is 53.4. The highest BCUT2D eigenvalue weighted by Crippen LogP contribution is 2.48. The van der Waals surface area contributed by atoms with Gasteiger partial charge in [0, 0.05) is 36.3 Å². The number of carbonyl (C=O) groups is 3. The van der Waals surface area contributed by atoms with E-state index in [0.717, 1.165) is 18.5 Å². The standard InChI is InChI=1S/C38H46ClN5O8S2/c1-21(2)28-20-53-34(41-28)27-18-30(24-11-12-29(50-5)31(39)32(24)40-27)51-23-16-25-26(17-23)35(46)44(4)15-9-7-6-8-10-22-19-38(22,42-33(25)45)36(47)43-54(48,49)52-37(3)13-14-37/h8,10-12,18,20-23,25-26H,6-7,9,13-17,19H2,1-5H3,(H,42,45)(H,43,47)/t22-,23-,25-,26-,38-/m1/s1. The van der Waals surface area contributed by atoms with E-state index in [4.69, 9.17) is 35.2 Å². The first-order valence-corrected chi connectivity index (χ1v) is 21.1. The third-order valence-electron chi connectivity index (χ3n) is 11.0. The summed E-state index contributed by atoms with van der Waals surface area (Å²) in [6, 6.07) is 5.36. The van der Waals surface area contributed by atoms with E-state index < -0.39 is 57.1 Å². The van der Waals surface area contributed by atoms with Gasteiger partial charge in [-0.2, -0.15) is 8.42 Å². The van der Waals surface area contributed by atoms with Gasteiger partial charge in [-0.05, 0) is 76.3 Å². The Labute approximate surface area is 324 Å². The van der Waals surface area contributed by atoms with Crippen LogP contribution in [-0.2, 0) is 28.9 Å². The van der Waals surface area contributed by atoms with Crippen LogP contribution in [0.4, 0.5) is 0 Å². The number of halogens is 1. The van der Waals surface area contributed by atoms with Gasteiger partial charge in [0.25, 0.3) is 5.91 Å². The molecule has 0 spiro atoms. The Hall–Kier alpha value is -3.79. The van der Waals surface area contributed by atoms with Gasteiger partial charge >= 0.3 is 10.3 Å². The van der Waals surface area contributed by atoms with Crippen LogP contribution >= 0.6 is 22.9 Å². The van der Waals surface area contributed by atoms with Gasteiger partial charge < -0.3 is 19.7 Å². The molecule has 2 N–H and O–H groups in total. The van der Waals surface area contributed by atoms with Gasteiger partial charge in [-0.15, -0.1) is 11.3 Å². The highest BCUT2D eigenvalue weighted by molar-refractivity contribution is 7.85. The van der Waals surface area contributed by atoms with Gasteiger partial charge in [-0.25, -0.2) is 18.9 Å². The lowest BCUT2D eigenvalue weighted by Gasteiger charge is -2.26. The second kappa shape index (κ2) is 14.7. The largest absolute Gasteiger partial charge is 0.495 e. The van der Waals surface area contributed by atoms with Crippen molar-refractivity contribution in [2.24, 2.45) is 17.8 Å². The van der Waals surface area contributed by atoms with Crippen molar-refractivity contribution >= 4 is 61.9 Å². The van der Waals surface area contributed by atoms with Crippen molar-refractivity contribution in [1.82, 2.24) is 24.9 Å². The summed E-state index contributed by atoms with van der Waals surface area (Å²) in [7, 11) is -1.16. The predicted molar refractivity (Wildman–Crippen MR) is 205 cm³/mol. The zero-order valence-electron chi connectivity index (χ0n) is 31.0. The summed E-state index contributed by atoms with van der Waals surface area (Å²) in [5, 5.41) is 6.54. The Balaban J connectivity index is 1.20. The quantitative estimate of drug-likeness (QED) is 0.248. The fraction of sp³-hybridized carbons (Fsp3) is 0.553. The number of carbonyl (C=O) groups excluding carboxylic acids is 3. The average Bonchev–Trinajstić information content (AvgIpc) is 3.84. The van der Waals surface area contributed by atoms with E-state index in [2.05, 4.69) is 23.9 Å². The van der Waals surface area contributed by atoms with Crippen molar-refractivity contribution in [3.8, 4) is 22.2 Å². The maximum atomic E-state index is 14.3. The number of rotatable bonds is 9. The average molecular weight is 800 g/mol. The van der Waals surface area contributed by atoms with Crippen LogP contribution in [0.15, 0.2) is 35.7 Å². The summed E-state index contributed by atoms with van der Waals surface area (Å²) >= 11 is 8.27. The Morgan fingerprint density at radius 2 is 1.89 bits per heavy atom. The third kappa shape index (κ3) is 7.82. The highest BCUT2D eigenvalue weighted by atomic mass is 35.5. The predicted octanol–water partition coefficient (Wildman–Crippen LogP) is 5.92. The van der Waals surface area contributed by atoms with Crippen LogP contribution in [0, 0.1) is 17.8 Å². The molecule has 1 aromatic carbocycles. The number of methoxy groups -OCH3 is 1. The van der Waals surface area contributed by atoms with Gasteiger partial charge in [0.15, 0.2) is 0 Å². The lowest BCUT2D eigenvalue weighted by molar-refractivity contribution is -0.140. The van der Waals surface area contributed by atoms with Crippen molar-refractivity contribution in [2.45, 2.75) is 95.3 Å². The van der Waals surface area contributed by atoms with Crippen LogP contribution in [0.25, 0.3) is 21.6 Å². The molecule has 3 heterocycles. The maximum absolute atomic E-state index is 14.3. The summed E-state index contributed by atoms with van der Waals surface area (Å²) in [6.45, 7) is 6.33. The number of allylic oxidation sites excluding steroid dienone is 1. The van der Waals surface area contributed by atoms with E-state index in [1.165, 1.54) is 18.4 Å². The van der Waals surface area contributed by atoms with Gasteiger partial charge in [-0.3, -0.25) is 14.4 Å². The maximum Gasteiger partial charge on any atom is 0.362 e. The second-order valence-electron chi connectivity index (χ2n) is 15.5. The molecule has 0 bridgehead atoms. The minimum atomic E-state index is -4.43. The molecule has 3 aromatic rings. The molecule has 16 heteroatoms. The number of nitrogens with one attached hydrogen (secondary N) is 2. The molecule has 4 aliphatic rings. The van der Waals surface area contributed by atoms with E-state index in [0.29, 0.717) is 63.9 Å². The normalized spacial score (nSPS) is 26.8. The van der Waals surface area contributed by atoms with E-state index in [1.807, 2.05) is 29.7 Å². The van der Waals surface area contributed by atoms with Gasteiger partial charge in [0.2, 0.25) is 11.8 Å². The Morgan fingerprint density at radius 3 is 2.59 bits per heavy atom. The number of ether oxygens (including phenoxy) is 2. The Morgan fingerprint density at radius 1 is 1.13 bits per heavy atom. The molecule has 0 saturated heterocycles. The van der Waals surface area contributed by atoms with E-state index in [-0.39, 0.29) is 31.1 Å². The number of hydrogen-bond acceptors (Lipinski definition) is 11. The lowest BCUT2D eigenvalue weighted by atomic mass is 9.93. The Kier molecular flexibility index (Phi) is 10.5. The summed E-state index contributed by atoms with van der Waals surface area (Å²) in [5.74, 6) is -2.46. The topological polar surface area (TPSA) is 166 Å². The fourth-order valence-corrected chi connectivity index (χ4v) is 9.75. The molecule has 290 valence electrons. The molecule has 3 amide bonds. The summed E-state index contributed by atoms with van der Waals surface area (Å²) in [5.41, 5.74) is -0.391. The first kappa shape index (κ1) is 38.5. The fourth-order valence-electron chi connectivity index (χ4n) is 7.38. The van der Waals surface area contributed by atoms with Crippen molar-refractivity contribution < 1.29 is 36.5 Å². The number of aromatic nitrogens is 2. The molecule has 1 aliphatic heterocycles. The number of thiazole rings is 1. The van der Waals surface area contributed by atoms with E-state index >= 15 is 0 Å². The van der Waals surface area contributed by atoms with Crippen molar-refractivity contribution in [2.75, 3.05) is 20.7 Å². The Bertz CT molecular complexity index is 2120. The van der Waals surface area contributed by atoms with Crippen LogP contribution in [0.5, 0.6) is 11.5 Å². The van der Waals surface area contributed by atoms with Crippen LogP contribution in [-0.4, -0.2) is 79.0 Å². The minimum Gasteiger partial charge on any atom is -0.495 e. The van der Waals surface area contributed by atoms with Crippen LogP contribution in [0.2, 0.25) is 5.02 Å². The summed E-state index contributed by atoms with van der Waals surface area (Å²) < 4.78 is 45.2. The van der Waals surface area contributed by atoms with E-state index in [9.17, 15) is 22.8 Å². The number of amides is 3. The van der Waals surface area contributed by atoms with Gasteiger partial charge in [-0.1, -0.05) is 37.6 Å². The van der Waals surface area contributed by atoms with Crippen LogP contribution in [0.3, 0.4) is 0 Å². The lowest BCUT2D eigenvalue weighted by Crippen LogP contribution is -2.54. The van der Waals surface area contributed by atoms with Crippen LogP contribution < -0.4 is 19.5 Å². The number of nitrogens with zero attached hydrogens (tertiary/aromatic N) is 3. The van der Waals surface area contributed by atoms with Crippen molar-refractivity contribution in [1.29, 1.82) is 0 Å². The number of fused-ring (bicyclic) bond motifs is 3. The molecule has 3 aliphatic carbocycles. The van der Waals surface area contributed by atoms with Crippen molar-refractivity contribution in [3.05, 3.63) is 46.4 Å². The number of pyridine rings is 1. The first-order chi connectivity index (χ1) is 25.6. The molecular weight excluding hydrogens is 754 g/mol. The smallest absolute Gasteiger partial charge is 0.362 e. The molecule has 7 rings (SSSR count). The SMILES string of the molecule is COc1ccc2c(O[C@@H]3C[C@H]4C(=O)N[C@]5(C(=O)NS(=O)(=O)OC6(C)CC6)C[C@H]5C=CCCCCN(C)C(=O)[C@@H]4C3)cc(-c3nc(C(C)C)cs3)nc2c1Cl. The molecule has 13 nitrogen and oxygen atoms in total. The van der Waals surface area contributed by atoms with Gasteiger partial charge in [0.05, 0.1) is 35.8 Å². The molecule has 3 saturated carbocycles. The number of hydrogen-bond donors (Lipinski definition) is 2. The third-order valence-corrected chi connectivity index (χ3v) is 13.3. The van der Waals surface area contributed by atoms with Crippen molar-refractivity contribution in [3.63, 3.8) is 0 Å². The molecular formula is C38H46ClN5O8S2. The highest BCUT2D eigenvalue weighted by Gasteiger charge is 2.62. The molecule has 0 radical (unpaired) electrons. The monoisotopic (exact) mass is 799 g/mol. The molecule has 2 aromatic heterocycles. The zero-order valence-corrected chi connectivity index (χ0v) is 33.4. The van der Waals surface area contributed by atoms with E-state index in [1.54, 1.807) is 24.9 Å². The van der Waals surface area contributed by atoms with Gasteiger partial charge in [0.1, 0.15) is 38.9 Å². The second-order valence-corrected chi connectivity index (χ2v) is 18.0. The molecule has 3 fully saturated rings. The first-order valence-electron chi connectivity index (χ1n) is 18.4. The van der Waals surface area contributed by atoms with Crippen LogP contribution in [0.1, 0.15) is 83.7 Å². The minimum absolute atomic E-state index is 0.172. The summed E-state index contributed by atoms with van der Waals surface area (Å²) in [6.07, 6.45) is 7.27. The zero-order chi connectivity index (χ0) is 38.6. The molecule has 5 atom stereocenters.